The van der Waals surface area contributed by atoms with Crippen LogP contribution in [0.15, 0.2) is 97.2 Å². The first-order chi connectivity index (χ1) is 21.9. The number of likely N-dealkylation sites (N-methyl/N-ethyl adjacent to an activating group) is 1. The molecule has 1 fully saturated rings. The fourth-order valence-electron chi connectivity index (χ4n) is 5.68. The smallest absolute Gasteiger partial charge is 0.315 e. The first-order valence-electron chi connectivity index (χ1n) is 15.7. The van der Waals surface area contributed by atoms with Crippen molar-refractivity contribution in [1.82, 2.24) is 20.5 Å². The molecule has 8 nitrogen and oxygen atoms in total. The quantitative estimate of drug-likeness (QED) is 0.182. The number of rotatable bonds is 12. The fourth-order valence-corrected chi connectivity index (χ4v) is 5.68. The van der Waals surface area contributed by atoms with E-state index in [1.807, 2.05) is 61.7 Å². The van der Waals surface area contributed by atoms with E-state index in [0.29, 0.717) is 13.1 Å². The molecule has 5 rings (SSSR count). The average Bonchev–Trinajstić information content (AvgIpc) is 3.08. The van der Waals surface area contributed by atoms with E-state index in [1.54, 1.807) is 0 Å². The molecule has 2 amide bonds. The maximum absolute atomic E-state index is 11.8. The monoisotopic (exact) mass is 608 g/mol. The van der Waals surface area contributed by atoms with Crippen LogP contribution >= 0.6 is 0 Å². The summed E-state index contributed by atoms with van der Waals surface area (Å²) in [6.45, 7) is 6.77. The lowest BCUT2D eigenvalue weighted by molar-refractivity contribution is -0.275. The van der Waals surface area contributed by atoms with Crippen LogP contribution in [0.4, 0.5) is 4.79 Å². The van der Waals surface area contributed by atoms with Gasteiger partial charge >= 0.3 is 6.03 Å². The Kier molecular flexibility index (Phi) is 11.3. The molecule has 236 valence electrons. The van der Waals surface area contributed by atoms with Crippen LogP contribution in [0.1, 0.15) is 54.2 Å². The van der Waals surface area contributed by atoms with Gasteiger partial charge in [0.05, 0.1) is 18.8 Å². The molecule has 0 aliphatic carbocycles. The maximum Gasteiger partial charge on any atom is 0.315 e. The summed E-state index contributed by atoms with van der Waals surface area (Å²) in [5.74, 6) is 0.105. The third-order valence-corrected chi connectivity index (χ3v) is 8.32. The third-order valence-electron chi connectivity index (χ3n) is 8.32. The van der Waals surface area contributed by atoms with E-state index in [4.69, 9.17) is 9.47 Å². The van der Waals surface area contributed by atoms with Crippen molar-refractivity contribution in [2.24, 2.45) is 5.92 Å². The van der Waals surface area contributed by atoms with Crippen molar-refractivity contribution in [3.05, 3.63) is 125 Å². The molecule has 0 bridgehead atoms. The zero-order chi connectivity index (χ0) is 31.6. The Morgan fingerprint density at radius 3 is 2.38 bits per heavy atom. The maximum atomic E-state index is 11.8. The number of nitrogens with one attached hydrogen (secondary N) is 2. The van der Waals surface area contributed by atoms with Gasteiger partial charge in [0.15, 0.2) is 6.29 Å². The molecule has 4 aromatic rings. The van der Waals surface area contributed by atoms with Crippen LogP contribution in [0.2, 0.25) is 0 Å². The standard InChI is InChI=1S/C37H44N4O4/c1-4-38-37(43)40-23-28-8-7-9-32(22-28)29-15-17-31(18-16-29)36-44-34(24-41(3)21-19-33-10-5-6-20-39-33)26(2)35(45-36)30-13-11-27(25-42)12-14-30/h5-18,20,22,26,34-36,42H,4,19,21,23-25H2,1-3H3,(H2,38,40,43)/t26-,34+,35+,36+/m0/s1. The molecular weight excluding hydrogens is 564 g/mol. The van der Waals surface area contributed by atoms with Gasteiger partial charge in [-0.2, -0.15) is 0 Å². The van der Waals surface area contributed by atoms with Crippen molar-refractivity contribution in [3.63, 3.8) is 0 Å². The number of carbonyl (C=O) groups excluding carboxylic acids is 1. The number of amides is 2. The molecule has 0 saturated carbocycles. The van der Waals surface area contributed by atoms with Crippen molar-refractivity contribution in [2.75, 3.05) is 26.7 Å². The van der Waals surface area contributed by atoms with Crippen molar-refractivity contribution < 1.29 is 19.4 Å². The summed E-state index contributed by atoms with van der Waals surface area (Å²) in [6, 6.07) is 30.4. The fraction of sp³-hybridized carbons (Fsp3) is 0.351. The van der Waals surface area contributed by atoms with Gasteiger partial charge in [-0.15, -0.1) is 0 Å². The van der Waals surface area contributed by atoms with Crippen LogP contribution in [-0.4, -0.2) is 53.8 Å². The molecule has 4 atom stereocenters. The lowest BCUT2D eigenvalue weighted by Crippen LogP contribution is -2.43. The largest absolute Gasteiger partial charge is 0.392 e. The highest BCUT2D eigenvalue weighted by Crippen LogP contribution is 2.42. The lowest BCUT2D eigenvalue weighted by Gasteiger charge is -2.42. The second kappa shape index (κ2) is 15.8. The minimum Gasteiger partial charge on any atom is -0.392 e. The number of carbonyl (C=O) groups is 1. The summed E-state index contributed by atoms with van der Waals surface area (Å²) in [7, 11) is 2.13. The van der Waals surface area contributed by atoms with Gasteiger partial charge in [0, 0.05) is 56.0 Å². The van der Waals surface area contributed by atoms with E-state index in [-0.39, 0.29) is 30.8 Å². The van der Waals surface area contributed by atoms with E-state index in [0.717, 1.165) is 58.6 Å². The topological polar surface area (TPSA) is 96.0 Å². The minimum atomic E-state index is -0.528. The van der Waals surface area contributed by atoms with Crippen LogP contribution in [0.25, 0.3) is 11.1 Å². The number of hydrogen-bond donors (Lipinski definition) is 3. The molecule has 3 aromatic carbocycles. The molecule has 2 heterocycles. The molecule has 0 radical (unpaired) electrons. The number of urea groups is 1. The molecular formula is C37H44N4O4. The van der Waals surface area contributed by atoms with Gasteiger partial charge in [-0.25, -0.2) is 4.79 Å². The summed E-state index contributed by atoms with van der Waals surface area (Å²) in [4.78, 5) is 18.6. The second-order valence-electron chi connectivity index (χ2n) is 11.7. The number of ether oxygens (including phenoxy) is 2. The summed E-state index contributed by atoms with van der Waals surface area (Å²) >= 11 is 0. The number of aromatic nitrogens is 1. The number of aliphatic hydroxyl groups excluding tert-OH is 1. The van der Waals surface area contributed by atoms with Gasteiger partial charge in [0.25, 0.3) is 0 Å². The molecule has 3 N–H and O–H groups in total. The Bertz CT molecular complexity index is 1500. The SMILES string of the molecule is CCNC(=O)NCc1cccc(-c2ccc([C@@H]3O[C@H](CN(C)CCc4ccccn4)[C@H](C)[C@H](c4ccc(CO)cc4)O3)cc2)c1. The highest BCUT2D eigenvalue weighted by molar-refractivity contribution is 5.73. The molecule has 1 saturated heterocycles. The van der Waals surface area contributed by atoms with Crippen LogP contribution in [-0.2, 0) is 29.0 Å². The molecule has 0 spiro atoms. The predicted octanol–water partition coefficient (Wildman–Crippen LogP) is 6.03. The average molecular weight is 609 g/mol. The second-order valence-corrected chi connectivity index (χ2v) is 11.7. The van der Waals surface area contributed by atoms with Crippen LogP contribution < -0.4 is 10.6 Å². The van der Waals surface area contributed by atoms with Gasteiger partial charge in [-0.05, 0) is 60.0 Å². The highest BCUT2D eigenvalue weighted by atomic mass is 16.7. The Hall–Kier alpha value is -4.08. The Morgan fingerprint density at radius 2 is 1.67 bits per heavy atom. The van der Waals surface area contributed by atoms with E-state index in [1.165, 1.54) is 0 Å². The summed E-state index contributed by atoms with van der Waals surface area (Å²) in [5.41, 5.74) is 7.16. The normalized spacial score (nSPS) is 19.8. The summed E-state index contributed by atoms with van der Waals surface area (Å²) in [6.07, 6.45) is 1.95. The van der Waals surface area contributed by atoms with Gasteiger partial charge in [-0.3, -0.25) is 4.98 Å². The van der Waals surface area contributed by atoms with Gasteiger partial charge in [0.1, 0.15) is 0 Å². The molecule has 45 heavy (non-hydrogen) atoms. The van der Waals surface area contributed by atoms with Crippen LogP contribution in [0.3, 0.4) is 0 Å². The van der Waals surface area contributed by atoms with E-state index >= 15 is 0 Å². The van der Waals surface area contributed by atoms with Gasteiger partial charge in [0.2, 0.25) is 0 Å². The number of benzene rings is 3. The number of pyridine rings is 1. The predicted molar refractivity (Wildman–Crippen MR) is 176 cm³/mol. The van der Waals surface area contributed by atoms with Crippen molar-refractivity contribution in [2.45, 2.75) is 51.9 Å². The van der Waals surface area contributed by atoms with E-state index in [2.05, 4.69) is 77.0 Å². The van der Waals surface area contributed by atoms with Crippen LogP contribution in [0.5, 0.6) is 0 Å². The Morgan fingerprint density at radius 1 is 0.889 bits per heavy atom. The summed E-state index contributed by atoms with van der Waals surface area (Å²) in [5, 5.41) is 15.2. The van der Waals surface area contributed by atoms with Crippen molar-refractivity contribution >= 4 is 6.03 Å². The Labute approximate surface area is 266 Å². The molecule has 1 aromatic heterocycles. The highest BCUT2D eigenvalue weighted by Gasteiger charge is 2.38. The van der Waals surface area contributed by atoms with E-state index < -0.39 is 6.29 Å². The third kappa shape index (κ3) is 8.77. The van der Waals surface area contributed by atoms with Gasteiger partial charge < -0.3 is 30.1 Å². The number of nitrogens with zero attached hydrogens (tertiary/aromatic N) is 2. The number of aliphatic hydroxyl groups is 1. The molecule has 0 unspecified atom stereocenters. The lowest BCUT2D eigenvalue weighted by atomic mass is 9.90. The van der Waals surface area contributed by atoms with Crippen molar-refractivity contribution in [3.8, 4) is 11.1 Å². The molecule has 8 heteroatoms. The summed E-state index contributed by atoms with van der Waals surface area (Å²) < 4.78 is 13.3. The zero-order valence-corrected chi connectivity index (χ0v) is 26.4. The number of hydrogen-bond acceptors (Lipinski definition) is 6. The van der Waals surface area contributed by atoms with Gasteiger partial charge in [-0.1, -0.05) is 79.7 Å². The van der Waals surface area contributed by atoms with E-state index in [9.17, 15) is 9.90 Å². The zero-order valence-electron chi connectivity index (χ0n) is 26.4. The first kappa shape index (κ1) is 32.3. The molecule has 1 aliphatic rings. The van der Waals surface area contributed by atoms with Crippen LogP contribution in [0, 0.1) is 5.92 Å². The minimum absolute atomic E-state index is 0.0107. The first-order valence-corrected chi connectivity index (χ1v) is 15.7. The Balaban J connectivity index is 1.31. The van der Waals surface area contributed by atoms with Crippen molar-refractivity contribution in [1.29, 1.82) is 0 Å². The molecule has 1 aliphatic heterocycles.